The molecule has 2 aromatic carbocycles. The summed E-state index contributed by atoms with van der Waals surface area (Å²) >= 11 is 14.2. The lowest BCUT2D eigenvalue weighted by molar-refractivity contribution is -0.124. The molecule has 146 valence electrons. The quantitative estimate of drug-likeness (QED) is 0.293. The number of benzene rings is 2. The molecule has 2 aromatic rings. The van der Waals surface area contributed by atoms with Crippen LogP contribution in [0, 0.1) is 14.9 Å². The number of hydrogen-bond donors (Lipinski definition) is 0. The van der Waals surface area contributed by atoms with Gasteiger partial charge in [-0.15, -0.1) is 0 Å². The van der Waals surface area contributed by atoms with Crippen molar-refractivity contribution in [3.8, 4) is 17.6 Å². The van der Waals surface area contributed by atoms with Crippen molar-refractivity contribution < 1.29 is 14.3 Å². The van der Waals surface area contributed by atoms with E-state index in [2.05, 4.69) is 22.6 Å². The van der Waals surface area contributed by atoms with Crippen LogP contribution in [-0.2, 0) is 11.4 Å². The zero-order chi connectivity index (χ0) is 20.8. The Morgan fingerprint density at radius 1 is 1.29 bits per heavy atom. The summed E-state index contributed by atoms with van der Waals surface area (Å²) in [5, 5.41) is 10.3. The number of ether oxygens (including phenoxy) is 2. The third-order valence-corrected chi connectivity index (χ3v) is 5.10. The largest absolute Gasteiger partial charge is 0.493 e. The Balaban J connectivity index is 2.33. The third-order valence-electron chi connectivity index (χ3n) is 3.71. The highest BCUT2D eigenvalue weighted by Gasteiger charge is 2.15. The number of rotatable bonds is 6. The minimum absolute atomic E-state index is 0.0319. The van der Waals surface area contributed by atoms with Gasteiger partial charge in [0.25, 0.3) is 5.91 Å². The van der Waals surface area contributed by atoms with Gasteiger partial charge in [-0.05, 0) is 58.5 Å². The van der Waals surface area contributed by atoms with Crippen LogP contribution in [0.5, 0.6) is 11.5 Å². The molecule has 2 rings (SSSR count). The molecule has 28 heavy (non-hydrogen) atoms. The maximum Gasteiger partial charge on any atom is 0.264 e. The highest BCUT2D eigenvalue weighted by Crippen LogP contribution is 2.35. The van der Waals surface area contributed by atoms with E-state index >= 15 is 0 Å². The fourth-order valence-corrected chi connectivity index (χ4v) is 3.55. The molecule has 0 saturated carbocycles. The summed E-state index contributed by atoms with van der Waals surface area (Å²) in [5.41, 5.74) is 1.48. The van der Waals surface area contributed by atoms with Crippen LogP contribution >= 0.6 is 45.8 Å². The van der Waals surface area contributed by atoms with Crippen LogP contribution in [0.15, 0.2) is 35.9 Å². The lowest BCUT2D eigenvalue weighted by Gasteiger charge is -2.15. The van der Waals surface area contributed by atoms with E-state index in [4.69, 9.17) is 32.7 Å². The van der Waals surface area contributed by atoms with Crippen molar-refractivity contribution in [3.05, 3.63) is 60.6 Å². The molecular weight excluding hydrogens is 514 g/mol. The van der Waals surface area contributed by atoms with E-state index in [-0.39, 0.29) is 18.1 Å². The molecule has 0 aromatic heterocycles. The Morgan fingerprint density at radius 3 is 2.57 bits per heavy atom. The molecule has 0 heterocycles. The topological polar surface area (TPSA) is 62.6 Å². The molecule has 0 atom stereocenters. The fourth-order valence-electron chi connectivity index (χ4n) is 2.30. The molecule has 0 unspecified atom stereocenters. The van der Waals surface area contributed by atoms with Crippen molar-refractivity contribution in [1.29, 1.82) is 5.26 Å². The summed E-state index contributed by atoms with van der Waals surface area (Å²) in [5.74, 6) is 0.663. The number of nitriles is 1. The summed E-state index contributed by atoms with van der Waals surface area (Å²) in [6.45, 7) is 0.236. The lowest BCUT2D eigenvalue weighted by Crippen LogP contribution is -2.22. The summed E-state index contributed by atoms with van der Waals surface area (Å²) in [4.78, 5) is 13.4. The minimum Gasteiger partial charge on any atom is -0.493 e. The predicted octanol–water partition coefficient (Wildman–Crippen LogP) is 5.18. The first-order chi connectivity index (χ1) is 13.3. The van der Waals surface area contributed by atoms with Gasteiger partial charge in [0, 0.05) is 29.7 Å². The Kier molecular flexibility index (Phi) is 7.98. The van der Waals surface area contributed by atoms with Crippen LogP contribution < -0.4 is 9.47 Å². The molecular formula is C20H17Cl2IN2O3. The van der Waals surface area contributed by atoms with Gasteiger partial charge < -0.3 is 14.4 Å². The summed E-state index contributed by atoms with van der Waals surface area (Å²) in [6.07, 6.45) is 1.52. The van der Waals surface area contributed by atoms with Crippen LogP contribution in [0.1, 0.15) is 11.1 Å². The number of carbonyl (C=O) groups is 1. The molecule has 0 radical (unpaired) electrons. The van der Waals surface area contributed by atoms with E-state index in [0.29, 0.717) is 27.1 Å². The standard InChI is InChI=1S/C20H17Cl2IN2O3/c1-25(2)20(26)14(10-24)6-12-7-17(23)19(18(8-12)27-3)28-11-13-4-5-15(21)9-16(13)22/h4-9H,11H2,1-3H3/b14-6-. The number of halogens is 3. The number of nitrogens with zero attached hydrogens (tertiary/aromatic N) is 2. The summed E-state index contributed by atoms with van der Waals surface area (Å²) in [7, 11) is 4.71. The molecule has 1 amide bonds. The van der Waals surface area contributed by atoms with E-state index < -0.39 is 0 Å². The second kappa shape index (κ2) is 10.0. The second-order valence-corrected chi connectivity index (χ2v) is 7.93. The summed E-state index contributed by atoms with van der Waals surface area (Å²) in [6, 6.07) is 10.6. The SMILES string of the molecule is COc1cc(/C=C(/C#N)C(=O)N(C)C)cc(I)c1OCc1ccc(Cl)cc1Cl. The van der Waals surface area contributed by atoms with E-state index in [1.54, 1.807) is 38.4 Å². The minimum atomic E-state index is -0.366. The zero-order valence-electron chi connectivity index (χ0n) is 15.4. The molecule has 8 heteroatoms. The van der Waals surface area contributed by atoms with Gasteiger partial charge in [-0.25, -0.2) is 0 Å². The maximum atomic E-state index is 12.1. The fraction of sp³-hybridized carbons (Fsp3) is 0.200. The van der Waals surface area contributed by atoms with Crippen LogP contribution in [0.3, 0.4) is 0 Å². The number of carbonyl (C=O) groups excluding carboxylic acids is 1. The molecule has 0 aliphatic rings. The van der Waals surface area contributed by atoms with E-state index in [0.717, 1.165) is 9.13 Å². The molecule has 0 aliphatic heterocycles. The average molecular weight is 531 g/mol. The van der Waals surface area contributed by atoms with Crippen molar-refractivity contribution >= 4 is 57.8 Å². The molecule has 0 bridgehead atoms. The average Bonchev–Trinajstić information content (AvgIpc) is 2.65. The van der Waals surface area contributed by atoms with Crippen molar-refractivity contribution in [2.45, 2.75) is 6.61 Å². The highest BCUT2D eigenvalue weighted by molar-refractivity contribution is 14.1. The zero-order valence-corrected chi connectivity index (χ0v) is 19.1. The van der Waals surface area contributed by atoms with Crippen LogP contribution in [0.25, 0.3) is 6.08 Å². The van der Waals surface area contributed by atoms with E-state index in [1.807, 2.05) is 12.1 Å². The maximum absolute atomic E-state index is 12.1. The summed E-state index contributed by atoms with van der Waals surface area (Å²) < 4.78 is 12.1. The van der Waals surface area contributed by atoms with Gasteiger partial charge in [-0.1, -0.05) is 29.3 Å². The smallest absolute Gasteiger partial charge is 0.264 e. The molecule has 5 nitrogen and oxygen atoms in total. The third kappa shape index (κ3) is 5.53. The van der Waals surface area contributed by atoms with Crippen molar-refractivity contribution in [2.75, 3.05) is 21.2 Å². The second-order valence-electron chi connectivity index (χ2n) is 5.93. The molecule has 0 spiro atoms. The van der Waals surface area contributed by atoms with Gasteiger partial charge >= 0.3 is 0 Å². The first-order valence-electron chi connectivity index (χ1n) is 8.04. The van der Waals surface area contributed by atoms with Crippen LogP contribution in [0.4, 0.5) is 0 Å². The first-order valence-corrected chi connectivity index (χ1v) is 9.88. The van der Waals surface area contributed by atoms with Crippen molar-refractivity contribution in [2.24, 2.45) is 0 Å². The Morgan fingerprint density at radius 2 is 2.00 bits per heavy atom. The number of methoxy groups -OCH3 is 1. The van der Waals surface area contributed by atoms with Crippen LogP contribution in [0.2, 0.25) is 10.0 Å². The van der Waals surface area contributed by atoms with Gasteiger partial charge in [-0.3, -0.25) is 4.79 Å². The number of amides is 1. The van der Waals surface area contributed by atoms with Gasteiger partial charge in [0.05, 0.1) is 10.7 Å². The molecule has 0 aliphatic carbocycles. The molecule has 0 saturated heterocycles. The highest BCUT2D eigenvalue weighted by atomic mass is 127. The molecule has 0 N–H and O–H groups in total. The number of hydrogen-bond acceptors (Lipinski definition) is 4. The van der Waals surface area contributed by atoms with Crippen molar-refractivity contribution in [3.63, 3.8) is 0 Å². The first kappa shape index (κ1) is 22.3. The lowest BCUT2D eigenvalue weighted by atomic mass is 10.1. The van der Waals surface area contributed by atoms with Crippen LogP contribution in [-0.4, -0.2) is 32.0 Å². The predicted molar refractivity (Wildman–Crippen MR) is 119 cm³/mol. The molecule has 0 fully saturated rings. The Labute approximate surface area is 187 Å². The van der Waals surface area contributed by atoms with E-state index in [9.17, 15) is 10.1 Å². The Hall–Kier alpha value is -1.95. The van der Waals surface area contributed by atoms with Gasteiger partial charge in [0.1, 0.15) is 18.2 Å². The van der Waals surface area contributed by atoms with Gasteiger partial charge in [0.15, 0.2) is 11.5 Å². The van der Waals surface area contributed by atoms with Crippen molar-refractivity contribution in [1.82, 2.24) is 4.90 Å². The Bertz CT molecular complexity index is 969. The number of likely N-dealkylation sites (N-methyl/N-ethyl adjacent to an activating group) is 1. The normalized spacial score (nSPS) is 11.0. The van der Waals surface area contributed by atoms with E-state index in [1.165, 1.54) is 18.1 Å². The monoisotopic (exact) mass is 530 g/mol. The van der Waals surface area contributed by atoms with Gasteiger partial charge in [-0.2, -0.15) is 5.26 Å². The van der Waals surface area contributed by atoms with Gasteiger partial charge in [0.2, 0.25) is 0 Å².